The van der Waals surface area contributed by atoms with E-state index in [9.17, 15) is 0 Å². The average molecular weight is 262 g/mol. The molecule has 0 bridgehead atoms. The van der Waals surface area contributed by atoms with Gasteiger partial charge in [0.25, 0.3) is 0 Å². The topological polar surface area (TPSA) is 24.5 Å². The maximum atomic E-state index is 5.36. The van der Waals surface area contributed by atoms with Gasteiger partial charge in [0.15, 0.2) is 0 Å². The molecule has 0 aliphatic heterocycles. The van der Waals surface area contributed by atoms with Gasteiger partial charge in [-0.3, -0.25) is 4.90 Å². The van der Waals surface area contributed by atoms with Crippen molar-refractivity contribution in [2.45, 2.75) is 38.8 Å². The third-order valence-corrected chi connectivity index (χ3v) is 4.20. The first-order chi connectivity index (χ1) is 9.24. The molecule has 3 heteroatoms. The summed E-state index contributed by atoms with van der Waals surface area (Å²) in [6.45, 7) is 6.79. The van der Waals surface area contributed by atoms with Gasteiger partial charge in [0.1, 0.15) is 5.75 Å². The third-order valence-electron chi connectivity index (χ3n) is 4.20. The van der Waals surface area contributed by atoms with E-state index in [1.165, 1.54) is 24.1 Å². The van der Waals surface area contributed by atoms with Crippen molar-refractivity contribution in [1.82, 2.24) is 10.2 Å². The lowest BCUT2D eigenvalue weighted by atomic mass is 10.1. The van der Waals surface area contributed by atoms with Crippen LogP contribution >= 0.6 is 0 Å². The SMILES string of the molecule is CCCN(CC)C1Cc2ccc(OC)cc2C1NC. The summed E-state index contributed by atoms with van der Waals surface area (Å²) in [5.74, 6) is 0.957. The highest BCUT2D eigenvalue weighted by Gasteiger charge is 2.34. The molecule has 106 valence electrons. The summed E-state index contributed by atoms with van der Waals surface area (Å²) < 4.78 is 5.36. The van der Waals surface area contributed by atoms with Crippen LogP contribution in [0, 0.1) is 0 Å². The van der Waals surface area contributed by atoms with Gasteiger partial charge in [-0.05, 0) is 56.2 Å². The van der Waals surface area contributed by atoms with Crippen molar-refractivity contribution >= 4 is 0 Å². The predicted octanol–water partition coefficient (Wildman–Crippen LogP) is 2.61. The summed E-state index contributed by atoms with van der Waals surface area (Å²) in [6, 6.07) is 7.46. The number of hydrogen-bond acceptors (Lipinski definition) is 3. The highest BCUT2D eigenvalue weighted by atomic mass is 16.5. The molecule has 1 N–H and O–H groups in total. The summed E-state index contributed by atoms with van der Waals surface area (Å²) in [5, 5.41) is 3.50. The van der Waals surface area contributed by atoms with Gasteiger partial charge in [0.2, 0.25) is 0 Å². The number of fused-ring (bicyclic) bond motifs is 1. The first-order valence-corrected chi connectivity index (χ1v) is 7.33. The molecule has 1 aromatic carbocycles. The van der Waals surface area contributed by atoms with Gasteiger partial charge in [-0.2, -0.15) is 0 Å². The van der Waals surface area contributed by atoms with Gasteiger partial charge in [-0.1, -0.05) is 19.9 Å². The fraction of sp³-hybridized carbons (Fsp3) is 0.625. The molecule has 1 aliphatic carbocycles. The van der Waals surface area contributed by atoms with E-state index in [1.54, 1.807) is 7.11 Å². The number of nitrogens with zero attached hydrogens (tertiary/aromatic N) is 1. The Morgan fingerprint density at radius 2 is 2.16 bits per heavy atom. The zero-order valence-electron chi connectivity index (χ0n) is 12.6. The molecule has 2 atom stereocenters. The Labute approximate surface area is 116 Å². The molecule has 0 spiro atoms. The number of benzene rings is 1. The monoisotopic (exact) mass is 262 g/mol. The molecule has 2 unspecified atom stereocenters. The van der Waals surface area contributed by atoms with Gasteiger partial charge < -0.3 is 10.1 Å². The van der Waals surface area contributed by atoms with Gasteiger partial charge in [0.05, 0.1) is 7.11 Å². The lowest BCUT2D eigenvalue weighted by Gasteiger charge is -2.32. The Kier molecular flexibility index (Phi) is 4.83. The van der Waals surface area contributed by atoms with Crippen LogP contribution in [0.1, 0.15) is 37.4 Å². The van der Waals surface area contributed by atoms with Crippen LogP contribution < -0.4 is 10.1 Å². The molecule has 2 rings (SSSR count). The Morgan fingerprint density at radius 3 is 2.74 bits per heavy atom. The molecular formula is C16H26N2O. The minimum atomic E-state index is 0.414. The van der Waals surface area contributed by atoms with Crippen LogP contribution in [0.4, 0.5) is 0 Å². The van der Waals surface area contributed by atoms with Crippen molar-refractivity contribution in [3.63, 3.8) is 0 Å². The van der Waals surface area contributed by atoms with Crippen molar-refractivity contribution in [1.29, 1.82) is 0 Å². The van der Waals surface area contributed by atoms with Gasteiger partial charge in [0, 0.05) is 12.1 Å². The summed E-state index contributed by atoms with van der Waals surface area (Å²) in [6.07, 6.45) is 2.35. The number of nitrogens with one attached hydrogen (secondary N) is 1. The summed E-state index contributed by atoms with van der Waals surface area (Å²) >= 11 is 0. The molecule has 0 amide bonds. The largest absolute Gasteiger partial charge is 0.497 e. The maximum absolute atomic E-state index is 5.36. The Morgan fingerprint density at radius 1 is 1.37 bits per heavy atom. The molecule has 0 saturated carbocycles. The molecule has 19 heavy (non-hydrogen) atoms. The Balaban J connectivity index is 2.26. The molecular weight excluding hydrogens is 236 g/mol. The number of likely N-dealkylation sites (N-methyl/N-ethyl adjacent to an activating group) is 2. The van der Waals surface area contributed by atoms with Crippen LogP contribution in [-0.4, -0.2) is 38.2 Å². The lowest BCUT2D eigenvalue weighted by molar-refractivity contribution is 0.178. The summed E-state index contributed by atoms with van der Waals surface area (Å²) in [7, 11) is 3.80. The highest BCUT2D eigenvalue weighted by molar-refractivity contribution is 5.42. The van der Waals surface area contributed by atoms with E-state index in [1.807, 2.05) is 0 Å². The van der Waals surface area contributed by atoms with Crippen LogP contribution in [0.25, 0.3) is 0 Å². The molecule has 1 aliphatic rings. The quantitative estimate of drug-likeness (QED) is 0.853. The fourth-order valence-corrected chi connectivity index (χ4v) is 3.26. The molecule has 0 heterocycles. The van der Waals surface area contributed by atoms with Crippen LogP contribution in [0.15, 0.2) is 18.2 Å². The minimum Gasteiger partial charge on any atom is -0.497 e. The molecule has 0 radical (unpaired) electrons. The maximum Gasteiger partial charge on any atom is 0.119 e. The van der Waals surface area contributed by atoms with E-state index in [-0.39, 0.29) is 0 Å². The summed E-state index contributed by atoms with van der Waals surface area (Å²) in [4.78, 5) is 2.59. The number of rotatable bonds is 6. The molecule has 0 aromatic heterocycles. The predicted molar refractivity (Wildman–Crippen MR) is 79.8 cm³/mol. The van der Waals surface area contributed by atoms with Gasteiger partial charge in [-0.15, -0.1) is 0 Å². The Bertz CT molecular complexity index is 419. The van der Waals surface area contributed by atoms with Crippen molar-refractivity contribution in [3.8, 4) is 5.75 Å². The smallest absolute Gasteiger partial charge is 0.119 e. The van der Waals surface area contributed by atoms with E-state index in [2.05, 4.69) is 49.3 Å². The van der Waals surface area contributed by atoms with E-state index in [0.717, 1.165) is 18.7 Å². The number of methoxy groups -OCH3 is 1. The number of hydrogen-bond donors (Lipinski definition) is 1. The van der Waals surface area contributed by atoms with Crippen molar-refractivity contribution in [3.05, 3.63) is 29.3 Å². The van der Waals surface area contributed by atoms with E-state index in [4.69, 9.17) is 4.74 Å². The lowest BCUT2D eigenvalue weighted by Crippen LogP contribution is -2.42. The first-order valence-electron chi connectivity index (χ1n) is 7.33. The zero-order valence-corrected chi connectivity index (χ0v) is 12.6. The van der Waals surface area contributed by atoms with Gasteiger partial charge in [-0.25, -0.2) is 0 Å². The standard InChI is InChI=1S/C16H26N2O/c1-5-9-18(6-2)15-10-12-7-8-13(19-4)11-14(12)16(15)17-3/h7-8,11,15-17H,5-6,9-10H2,1-4H3. The molecule has 0 saturated heterocycles. The zero-order chi connectivity index (χ0) is 13.8. The Hall–Kier alpha value is -1.06. The van der Waals surface area contributed by atoms with E-state index in [0.29, 0.717) is 12.1 Å². The van der Waals surface area contributed by atoms with Crippen molar-refractivity contribution in [2.75, 3.05) is 27.2 Å². The van der Waals surface area contributed by atoms with Crippen molar-refractivity contribution in [2.24, 2.45) is 0 Å². The molecule has 3 nitrogen and oxygen atoms in total. The second-order valence-corrected chi connectivity index (χ2v) is 5.23. The summed E-state index contributed by atoms with van der Waals surface area (Å²) in [5.41, 5.74) is 2.86. The minimum absolute atomic E-state index is 0.414. The molecule has 0 fully saturated rings. The third kappa shape index (κ3) is 2.77. The highest BCUT2D eigenvalue weighted by Crippen LogP contribution is 2.36. The van der Waals surface area contributed by atoms with E-state index >= 15 is 0 Å². The van der Waals surface area contributed by atoms with Crippen LogP contribution in [0.5, 0.6) is 5.75 Å². The van der Waals surface area contributed by atoms with Crippen molar-refractivity contribution < 1.29 is 4.74 Å². The number of ether oxygens (including phenoxy) is 1. The second-order valence-electron chi connectivity index (χ2n) is 5.23. The second kappa shape index (κ2) is 6.40. The van der Waals surface area contributed by atoms with Crippen LogP contribution in [-0.2, 0) is 6.42 Å². The normalized spacial score (nSPS) is 21.7. The fourth-order valence-electron chi connectivity index (χ4n) is 3.26. The van der Waals surface area contributed by atoms with E-state index < -0.39 is 0 Å². The average Bonchev–Trinajstić information content (AvgIpc) is 2.81. The first kappa shape index (κ1) is 14.4. The van der Waals surface area contributed by atoms with Crippen LogP contribution in [0.3, 0.4) is 0 Å². The van der Waals surface area contributed by atoms with Gasteiger partial charge >= 0.3 is 0 Å². The molecule has 1 aromatic rings. The van der Waals surface area contributed by atoms with Crippen LogP contribution in [0.2, 0.25) is 0 Å².